The van der Waals surface area contributed by atoms with Crippen molar-refractivity contribution in [3.8, 4) is 0 Å². The van der Waals surface area contributed by atoms with Crippen LogP contribution >= 0.6 is 0 Å². The lowest BCUT2D eigenvalue weighted by Gasteiger charge is -2.67. The second kappa shape index (κ2) is 7.58. The highest BCUT2D eigenvalue weighted by atomic mass is 16.4. The SMILES string of the molecule is CC1(C)C(c2ccc(C(=O)O)cc2)=CC[C@@]2(C)C1CC[C@@]1(C)C3CC=C4CCCC4[C@H]3CCC12. The molecule has 0 aromatic heterocycles. The molecule has 0 amide bonds. The lowest BCUT2D eigenvalue weighted by Crippen LogP contribution is -2.59. The Bertz CT molecular complexity index is 1060. The van der Waals surface area contributed by atoms with Crippen molar-refractivity contribution in [3.63, 3.8) is 0 Å². The number of carboxylic acids is 1. The zero-order valence-corrected chi connectivity index (χ0v) is 21.6. The molecule has 1 aromatic rings. The van der Waals surface area contributed by atoms with Crippen molar-refractivity contribution in [1.82, 2.24) is 0 Å². The molecule has 0 saturated heterocycles. The number of hydrogen-bond acceptors (Lipinski definition) is 1. The zero-order chi connectivity index (χ0) is 23.9. The minimum absolute atomic E-state index is 0.0982. The summed E-state index contributed by atoms with van der Waals surface area (Å²) < 4.78 is 0. The van der Waals surface area contributed by atoms with Gasteiger partial charge in [-0.1, -0.05) is 57.6 Å². The van der Waals surface area contributed by atoms with Gasteiger partial charge in [-0.15, -0.1) is 0 Å². The Labute approximate surface area is 205 Å². The van der Waals surface area contributed by atoms with Gasteiger partial charge in [0.1, 0.15) is 0 Å². The topological polar surface area (TPSA) is 37.3 Å². The highest BCUT2D eigenvalue weighted by Gasteiger charge is 2.63. The second-order valence-electron chi connectivity index (χ2n) is 13.4. The number of hydrogen-bond donors (Lipinski definition) is 1. The molecule has 0 aliphatic heterocycles. The second-order valence-corrected chi connectivity index (χ2v) is 13.4. The molecule has 2 nitrogen and oxygen atoms in total. The van der Waals surface area contributed by atoms with Gasteiger partial charge >= 0.3 is 5.97 Å². The van der Waals surface area contributed by atoms with E-state index in [4.69, 9.17) is 0 Å². The van der Waals surface area contributed by atoms with E-state index in [1.54, 1.807) is 12.1 Å². The third-order valence-electron chi connectivity index (χ3n) is 11.9. The molecule has 34 heavy (non-hydrogen) atoms. The fraction of sp³-hybridized carbons (Fsp3) is 0.656. The van der Waals surface area contributed by atoms with Crippen molar-refractivity contribution >= 4 is 11.5 Å². The van der Waals surface area contributed by atoms with Crippen molar-refractivity contribution in [3.05, 3.63) is 53.1 Å². The first-order chi connectivity index (χ1) is 16.2. The number of carbonyl (C=O) groups is 1. The summed E-state index contributed by atoms with van der Waals surface area (Å²) in [4.78, 5) is 11.4. The molecule has 3 fully saturated rings. The molecule has 1 N–H and O–H groups in total. The van der Waals surface area contributed by atoms with Crippen LogP contribution in [0.1, 0.15) is 101 Å². The van der Waals surface area contributed by atoms with Crippen molar-refractivity contribution < 1.29 is 9.90 Å². The Morgan fingerprint density at radius 3 is 2.41 bits per heavy atom. The Hall–Kier alpha value is -1.83. The van der Waals surface area contributed by atoms with E-state index in [1.165, 1.54) is 68.9 Å². The van der Waals surface area contributed by atoms with E-state index in [-0.39, 0.29) is 5.41 Å². The summed E-state index contributed by atoms with van der Waals surface area (Å²) in [6.07, 6.45) is 17.6. The van der Waals surface area contributed by atoms with Gasteiger partial charge in [0.05, 0.1) is 5.56 Å². The third-order valence-corrected chi connectivity index (χ3v) is 11.9. The lowest BCUT2D eigenvalue weighted by molar-refractivity contribution is -0.156. The molecule has 182 valence electrons. The normalized spacial score (nSPS) is 42.4. The monoisotopic (exact) mass is 458 g/mol. The number of carboxylic acid groups (broad SMARTS) is 1. The molecule has 4 unspecified atom stereocenters. The van der Waals surface area contributed by atoms with Crippen LogP contribution in [-0.4, -0.2) is 11.1 Å². The summed E-state index contributed by atoms with van der Waals surface area (Å²) in [6, 6.07) is 7.61. The molecular weight excluding hydrogens is 416 g/mol. The first kappa shape index (κ1) is 22.6. The largest absolute Gasteiger partial charge is 0.478 e. The first-order valence-corrected chi connectivity index (χ1v) is 13.9. The molecular formula is C32H42O2. The fourth-order valence-electron chi connectivity index (χ4n) is 10.5. The number of benzene rings is 1. The maximum atomic E-state index is 11.4. The van der Waals surface area contributed by atoms with Crippen LogP contribution in [0.5, 0.6) is 0 Å². The smallest absolute Gasteiger partial charge is 0.335 e. The molecule has 2 heteroatoms. The summed E-state index contributed by atoms with van der Waals surface area (Å²) >= 11 is 0. The van der Waals surface area contributed by atoms with E-state index in [1.807, 2.05) is 17.7 Å². The van der Waals surface area contributed by atoms with Crippen LogP contribution in [0, 0.1) is 45.8 Å². The van der Waals surface area contributed by atoms with E-state index in [0.717, 1.165) is 23.7 Å². The molecule has 3 saturated carbocycles. The Balaban J connectivity index is 1.34. The van der Waals surface area contributed by atoms with Gasteiger partial charge in [0.25, 0.3) is 0 Å². The summed E-state index contributed by atoms with van der Waals surface area (Å²) in [5, 5.41) is 9.33. The zero-order valence-electron chi connectivity index (χ0n) is 21.6. The molecule has 5 aliphatic rings. The van der Waals surface area contributed by atoms with Gasteiger partial charge in [-0.05, 0) is 127 Å². The van der Waals surface area contributed by atoms with E-state index in [2.05, 4.69) is 39.8 Å². The van der Waals surface area contributed by atoms with Crippen LogP contribution in [0.25, 0.3) is 5.57 Å². The van der Waals surface area contributed by atoms with Gasteiger partial charge in [0.2, 0.25) is 0 Å². The maximum Gasteiger partial charge on any atom is 0.335 e. The van der Waals surface area contributed by atoms with E-state index in [9.17, 15) is 9.90 Å². The van der Waals surface area contributed by atoms with Gasteiger partial charge in [-0.3, -0.25) is 0 Å². The molecule has 0 radical (unpaired) electrons. The Kier molecular flexibility index (Phi) is 5.05. The van der Waals surface area contributed by atoms with Crippen LogP contribution in [0.2, 0.25) is 0 Å². The molecule has 6 rings (SSSR count). The van der Waals surface area contributed by atoms with E-state index < -0.39 is 5.97 Å². The van der Waals surface area contributed by atoms with Crippen molar-refractivity contribution in [1.29, 1.82) is 0 Å². The van der Waals surface area contributed by atoms with Gasteiger partial charge in [0, 0.05) is 0 Å². The predicted octanol–water partition coefficient (Wildman–Crippen LogP) is 8.39. The molecule has 0 heterocycles. The van der Waals surface area contributed by atoms with E-state index >= 15 is 0 Å². The minimum Gasteiger partial charge on any atom is -0.478 e. The van der Waals surface area contributed by atoms with E-state index in [0.29, 0.717) is 22.3 Å². The number of aromatic carboxylic acids is 1. The molecule has 1 aromatic carbocycles. The van der Waals surface area contributed by atoms with Crippen LogP contribution in [0.15, 0.2) is 42.0 Å². The fourth-order valence-corrected chi connectivity index (χ4v) is 10.5. The average molecular weight is 459 g/mol. The third kappa shape index (κ3) is 3.02. The van der Waals surface area contributed by atoms with Gasteiger partial charge < -0.3 is 5.11 Å². The quantitative estimate of drug-likeness (QED) is 0.452. The van der Waals surface area contributed by atoms with Gasteiger partial charge in [0.15, 0.2) is 0 Å². The standard InChI is InChI=1S/C32H42O2/c1-30(2)25(21-8-10-22(11-9-21)29(33)34)16-18-32(4)27(30)17-19-31(3)26-14-12-20-6-5-7-23(20)24(26)13-15-28(31)32/h8-12,16,23-24,26-28H,5-7,13-15,17-19H2,1-4H3,(H,33,34)/t23?,24-,26?,27?,28?,31+,32+/m1/s1. The molecule has 5 aliphatic carbocycles. The van der Waals surface area contributed by atoms with Crippen LogP contribution in [0.4, 0.5) is 0 Å². The maximum absolute atomic E-state index is 11.4. The summed E-state index contributed by atoms with van der Waals surface area (Å²) in [7, 11) is 0. The van der Waals surface area contributed by atoms with Crippen LogP contribution in [0.3, 0.4) is 0 Å². The van der Waals surface area contributed by atoms with Crippen molar-refractivity contribution in [2.24, 2.45) is 45.8 Å². The summed E-state index contributed by atoms with van der Waals surface area (Å²) in [5.74, 6) is 3.37. The van der Waals surface area contributed by atoms with Crippen molar-refractivity contribution in [2.75, 3.05) is 0 Å². The highest BCUT2D eigenvalue weighted by molar-refractivity contribution is 5.88. The Morgan fingerprint density at radius 2 is 1.68 bits per heavy atom. The number of allylic oxidation sites excluding steroid dienone is 4. The Morgan fingerprint density at radius 1 is 0.912 bits per heavy atom. The van der Waals surface area contributed by atoms with Crippen molar-refractivity contribution in [2.45, 2.75) is 85.5 Å². The molecule has 7 atom stereocenters. The summed E-state index contributed by atoms with van der Waals surface area (Å²) in [6.45, 7) is 10.3. The van der Waals surface area contributed by atoms with Crippen LogP contribution in [-0.2, 0) is 0 Å². The highest BCUT2D eigenvalue weighted by Crippen LogP contribution is 2.71. The lowest BCUT2D eigenvalue weighted by atomic mass is 9.37. The summed E-state index contributed by atoms with van der Waals surface area (Å²) in [5.41, 5.74) is 5.76. The molecule has 0 spiro atoms. The average Bonchev–Trinajstić information content (AvgIpc) is 3.28. The predicted molar refractivity (Wildman–Crippen MR) is 138 cm³/mol. The number of rotatable bonds is 2. The van der Waals surface area contributed by atoms with Gasteiger partial charge in [-0.2, -0.15) is 0 Å². The minimum atomic E-state index is -0.847. The van der Waals surface area contributed by atoms with Crippen LogP contribution < -0.4 is 0 Å². The number of fused-ring (bicyclic) bond motifs is 7. The van der Waals surface area contributed by atoms with Gasteiger partial charge in [-0.25, -0.2) is 4.79 Å². The molecule has 0 bridgehead atoms. The first-order valence-electron chi connectivity index (χ1n) is 13.9.